The summed E-state index contributed by atoms with van der Waals surface area (Å²) in [7, 11) is 1.80. The maximum Gasteiger partial charge on any atom is 0.251 e. The Labute approximate surface area is 120 Å². The van der Waals surface area contributed by atoms with Crippen molar-refractivity contribution in [1.29, 1.82) is 0 Å². The van der Waals surface area contributed by atoms with Crippen molar-refractivity contribution in [3.63, 3.8) is 0 Å². The topological polar surface area (TPSA) is 63.2 Å². The number of carbonyl (C=O) groups excluding carboxylic acids is 1. The van der Waals surface area contributed by atoms with Crippen LogP contribution in [0.5, 0.6) is 0 Å². The molecule has 110 valence electrons. The molecule has 0 aromatic carbocycles. The Bertz CT molecular complexity index is 436. The Morgan fingerprint density at radius 1 is 1.45 bits per heavy atom. The summed E-state index contributed by atoms with van der Waals surface area (Å²) in [6, 6.07) is 3.60. The summed E-state index contributed by atoms with van der Waals surface area (Å²) in [6.45, 7) is 3.97. The summed E-state index contributed by atoms with van der Waals surface area (Å²) in [5.74, 6) is 1.41. The summed E-state index contributed by atoms with van der Waals surface area (Å²) < 4.78 is 5.49. The third-order valence-electron chi connectivity index (χ3n) is 3.34. The van der Waals surface area contributed by atoms with E-state index in [1.807, 2.05) is 13.0 Å². The first-order valence-electron chi connectivity index (χ1n) is 7.27. The minimum Gasteiger partial charge on any atom is -0.379 e. The number of pyridine rings is 1. The van der Waals surface area contributed by atoms with E-state index in [2.05, 4.69) is 15.6 Å². The number of aryl methyl sites for hydroxylation is 1. The van der Waals surface area contributed by atoms with Gasteiger partial charge in [0.1, 0.15) is 5.82 Å². The quantitative estimate of drug-likeness (QED) is 0.712. The molecule has 2 N–H and O–H groups in total. The van der Waals surface area contributed by atoms with Crippen LogP contribution in [0.15, 0.2) is 12.1 Å². The van der Waals surface area contributed by atoms with E-state index in [1.54, 1.807) is 13.1 Å². The van der Waals surface area contributed by atoms with Crippen molar-refractivity contribution in [1.82, 2.24) is 10.3 Å². The molecule has 1 heterocycles. The van der Waals surface area contributed by atoms with E-state index in [9.17, 15) is 4.79 Å². The van der Waals surface area contributed by atoms with E-state index in [0.29, 0.717) is 18.7 Å². The van der Waals surface area contributed by atoms with Crippen LogP contribution in [0.4, 0.5) is 5.82 Å². The summed E-state index contributed by atoms with van der Waals surface area (Å²) in [6.07, 6.45) is 3.38. The lowest BCUT2D eigenvalue weighted by molar-refractivity contribution is 0.0906. The van der Waals surface area contributed by atoms with Gasteiger partial charge in [0.15, 0.2) is 0 Å². The molecule has 1 fully saturated rings. The lowest BCUT2D eigenvalue weighted by atomic mass is 10.2. The van der Waals surface area contributed by atoms with Gasteiger partial charge in [0.25, 0.3) is 5.91 Å². The van der Waals surface area contributed by atoms with Crippen LogP contribution in [0, 0.1) is 5.92 Å². The summed E-state index contributed by atoms with van der Waals surface area (Å²) in [5, 5.41) is 5.85. The maximum absolute atomic E-state index is 12.1. The Kier molecular flexibility index (Phi) is 5.35. The van der Waals surface area contributed by atoms with Gasteiger partial charge in [-0.2, -0.15) is 0 Å². The van der Waals surface area contributed by atoms with E-state index < -0.39 is 0 Å². The minimum absolute atomic E-state index is 0.0754. The Balaban J connectivity index is 1.80. The summed E-state index contributed by atoms with van der Waals surface area (Å²) >= 11 is 0. The molecule has 0 aliphatic heterocycles. The van der Waals surface area contributed by atoms with Crippen molar-refractivity contribution in [2.24, 2.45) is 5.92 Å². The van der Waals surface area contributed by atoms with E-state index in [-0.39, 0.29) is 5.91 Å². The van der Waals surface area contributed by atoms with E-state index in [1.165, 1.54) is 12.8 Å². The molecule has 1 aliphatic carbocycles. The number of ether oxygens (including phenoxy) is 1. The van der Waals surface area contributed by atoms with Crippen LogP contribution in [-0.2, 0) is 11.2 Å². The molecule has 2 rings (SSSR count). The number of nitrogens with zero attached hydrogens (tertiary/aromatic N) is 1. The van der Waals surface area contributed by atoms with Crippen LogP contribution in [-0.4, -0.2) is 37.7 Å². The van der Waals surface area contributed by atoms with Gasteiger partial charge in [0.2, 0.25) is 0 Å². The zero-order chi connectivity index (χ0) is 14.4. The van der Waals surface area contributed by atoms with Gasteiger partial charge in [-0.05, 0) is 37.3 Å². The molecule has 1 saturated carbocycles. The van der Waals surface area contributed by atoms with Crippen LogP contribution in [0.1, 0.15) is 35.8 Å². The third kappa shape index (κ3) is 4.49. The van der Waals surface area contributed by atoms with Gasteiger partial charge >= 0.3 is 0 Å². The zero-order valence-electron chi connectivity index (χ0n) is 12.2. The van der Waals surface area contributed by atoms with Crippen molar-refractivity contribution in [2.75, 3.05) is 32.1 Å². The molecular formula is C15H23N3O2. The van der Waals surface area contributed by atoms with Crippen molar-refractivity contribution >= 4 is 11.7 Å². The Morgan fingerprint density at radius 2 is 2.25 bits per heavy atom. The van der Waals surface area contributed by atoms with Gasteiger partial charge in [0.05, 0.1) is 6.61 Å². The second-order valence-corrected chi connectivity index (χ2v) is 5.11. The second-order valence-electron chi connectivity index (χ2n) is 5.11. The van der Waals surface area contributed by atoms with Gasteiger partial charge in [-0.3, -0.25) is 4.79 Å². The summed E-state index contributed by atoms with van der Waals surface area (Å²) in [5.41, 5.74) is 1.55. The van der Waals surface area contributed by atoms with Crippen LogP contribution in [0.3, 0.4) is 0 Å². The molecule has 1 aromatic heterocycles. The number of aromatic nitrogens is 1. The smallest absolute Gasteiger partial charge is 0.251 e. The second kappa shape index (κ2) is 7.24. The number of nitrogens with one attached hydrogen (secondary N) is 2. The molecule has 20 heavy (non-hydrogen) atoms. The van der Waals surface area contributed by atoms with Gasteiger partial charge < -0.3 is 15.4 Å². The molecule has 1 aromatic rings. The highest BCUT2D eigenvalue weighted by Gasteiger charge is 2.20. The average Bonchev–Trinajstić information content (AvgIpc) is 3.30. The first-order valence-corrected chi connectivity index (χ1v) is 7.27. The zero-order valence-corrected chi connectivity index (χ0v) is 12.2. The largest absolute Gasteiger partial charge is 0.379 e. The predicted molar refractivity (Wildman–Crippen MR) is 79.0 cm³/mol. The number of amides is 1. The SMILES string of the molecule is CCc1cc(C(=O)NCCOCC2CC2)cc(NC)n1. The lowest BCUT2D eigenvalue weighted by Crippen LogP contribution is -2.27. The minimum atomic E-state index is -0.0754. The Hall–Kier alpha value is -1.62. The van der Waals surface area contributed by atoms with Gasteiger partial charge in [-0.1, -0.05) is 6.92 Å². The van der Waals surface area contributed by atoms with Crippen molar-refractivity contribution in [3.05, 3.63) is 23.4 Å². The van der Waals surface area contributed by atoms with Crippen molar-refractivity contribution in [3.8, 4) is 0 Å². The number of hydrogen-bond donors (Lipinski definition) is 2. The summed E-state index contributed by atoms with van der Waals surface area (Å²) in [4.78, 5) is 16.4. The fraction of sp³-hybridized carbons (Fsp3) is 0.600. The average molecular weight is 277 g/mol. The fourth-order valence-corrected chi connectivity index (χ4v) is 1.90. The van der Waals surface area contributed by atoms with Gasteiger partial charge in [-0.25, -0.2) is 4.98 Å². The monoisotopic (exact) mass is 277 g/mol. The van der Waals surface area contributed by atoms with Gasteiger partial charge in [0, 0.05) is 31.5 Å². The number of hydrogen-bond acceptors (Lipinski definition) is 4. The molecule has 1 aliphatic rings. The van der Waals surface area contributed by atoms with Crippen molar-refractivity contribution in [2.45, 2.75) is 26.2 Å². The fourth-order valence-electron chi connectivity index (χ4n) is 1.90. The number of anilines is 1. The van der Waals surface area contributed by atoms with Crippen LogP contribution < -0.4 is 10.6 Å². The van der Waals surface area contributed by atoms with Crippen LogP contribution in [0.2, 0.25) is 0 Å². The highest BCUT2D eigenvalue weighted by atomic mass is 16.5. The highest BCUT2D eigenvalue weighted by Crippen LogP contribution is 2.28. The molecule has 5 heteroatoms. The maximum atomic E-state index is 12.1. The van der Waals surface area contributed by atoms with Crippen molar-refractivity contribution < 1.29 is 9.53 Å². The molecule has 0 unspecified atom stereocenters. The molecule has 0 saturated heterocycles. The first kappa shape index (κ1) is 14.8. The lowest BCUT2D eigenvalue weighted by Gasteiger charge is -2.09. The normalized spacial score (nSPS) is 14.1. The van der Waals surface area contributed by atoms with E-state index in [4.69, 9.17) is 4.74 Å². The third-order valence-corrected chi connectivity index (χ3v) is 3.34. The molecule has 0 bridgehead atoms. The van der Waals surface area contributed by atoms with E-state index >= 15 is 0 Å². The highest BCUT2D eigenvalue weighted by molar-refractivity contribution is 5.95. The standard InChI is InChI=1S/C15H23N3O2/c1-3-13-8-12(9-14(16-2)18-13)15(19)17-6-7-20-10-11-4-5-11/h8-9,11H,3-7,10H2,1-2H3,(H,16,18)(H,17,19). The molecule has 5 nitrogen and oxygen atoms in total. The number of rotatable bonds is 8. The molecule has 1 amide bonds. The van der Waals surface area contributed by atoms with Gasteiger partial charge in [-0.15, -0.1) is 0 Å². The Morgan fingerprint density at radius 3 is 2.90 bits per heavy atom. The number of carbonyl (C=O) groups is 1. The predicted octanol–water partition coefficient (Wildman–Crippen LogP) is 1.84. The molecule has 0 spiro atoms. The first-order chi connectivity index (χ1) is 9.72. The van der Waals surface area contributed by atoms with E-state index in [0.717, 1.165) is 30.5 Å². The van der Waals surface area contributed by atoms with Crippen LogP contribution >= 0.6 is 0 Å². The molecule has 0 radical (unpaired) electrons. The van der Waals surface area contributed by atoms with Crippen LogP contribution in [0.25, 0.3) is 0 Å². The molecule has 0 atom stereocenters. The molecular weight excluding hydrogens is 254 g/mol.